The topological polar surface area (TPSA) is 43.1 Å². The van der Waals surface area contributed by atoms with E-state index >= 15 is 4.57 Å². The van der Waals surface area contributed by atoms with Gasteiger partial charge in [-0.15, -0.1) is 0 Å². The van der Waals surface area contributed by atoms with E-state index in [2.05, 4.69) is 78.9 Å². The quantitative estimate of drug-likeness (QED) is 0.142. The molecule has 2 aromatic heterocycles. The predicted molar refractivity (Wildman–Crippen MR) is 197 cm³/mol. The number of benzene rings is 7. The minimum absolute atomic E-state index is 0.812. The summed E-state index contributed by atoms with van der Waals surface area (Å²) in [6.07, 6.45) is 0. The van der Waals surface area contributed by atoms with Crippen molar-refractivity contribution in [2.45, 2.75) is 0 Å². The lowest BCUT2D eigenvalue weighted by Gasteiger charge is -2.20. The molecule has 222 valence electrons. The molecule has 0 saturated heterocycles. The number of rotatable bonds is 5. The zero-order valence-electron chi connectivity index (χ0n) is 25.4. The molecule has 0 fully saturated rings. The summed E-state index contributed by atoms with van der Waals surface area (Å²) in [5, 5.41) is 7.85. The molecule has 9 aromatic rings. The van der Waals surface area contributed by atoms with Crippen LogP contribution in [0.25, 0.3) is 66.0 Å². The van der Waals surface area contributed by atoms with Gasteiger partial charge in [-0.2, -0.15) is 0 Å². The summed E-state index contributed by atoms with van der Waals surface area (Å²) in [5.41, 5.74) is 6.57. The zero-order chi connectivity index (χ0) is 31.4. The highest BCUT2D eigenvalue weighted by atomic mass is 31.2. The summed E-state index contributed by atoms with van der Waals surface area (Å²) in [6.45, 7) is 0. The van der Waals surface area contributed by atoms with Crippen LogP contribution in [-0.4, -0.2) is 4.98 Å². The third kappa shape index (κ3) is 4.43. The van der Waals surface area contributed by atoms with Crippen molar-refractivity contribution >= 4 is 66.7 Å². The van der Waals surface area contributed by atoms with Crippen LogP contribution in [0.2, 0.25) is 0 Å². The summed E-state index contributed by atoms with van der Waals surface area (Å²) in [7, 11) is -3.09. The molecular formula is C43H28NO2P. The van der Waals surface area contributed by atoms with Gasteiger partial charge in [0.15, 0.2) is 7.14 Å². The van der Waals surface area contributed by atoms with E-state index in [0.717, 1.165) is 81.9 Å². The maximum atomic E-state index is 15.0. The zero-order valence-corrected chi connectivity index (χ0v) is 26.3. The van der Waals surface area contributed by atoms with Crippen LogP contribution in [0, 0.1) is 0 Å². The average Bonchev–Trinajstić information content (AvgIpc) is 3.54. The molecule has 7 aromatic carbocycles. The Morgan fingerprint density at radius 1 is 0.468 bits per heavy atom. The number of para-hydroxylation sites is 1. The first-order valence-electron chi connectivity index (χ1n) is 15.7. The minimum atomic E-state index is -3.09. The summed E-state index contributed by atoms with van der Waals surface area (Å²) in [5.74, 6) is 0. The van der Waals surface area contributed by atoms with Crippen LogP contribution in [-0.2, 0) is 4.57 Å². The van der Waals surface area contributed by atoms with Gasteiger partial charge in [0.25, 0.3) is 0 Å². The molecule has 0 aliphatic heterocycles. The third-order valence-electron chi connectivity index (χ3n) is 9.14. The van der Waals surface area contributed by atoms with Crippen LogP contribution in [0.15, 0.2) is 174 Å². The van der Waals surface area contributed by atoms with Crippen molar-refractivity contribution in [3.63, 3.8) is 0 Å². The van der Waals surface area contributed by atoms with Gasteiger partial charge in [-0.05, 0) is 40.1 Å². The van der Waals surface area contributed by atoms with Gasteiger partial charge in [-0.25, -0.2) is 4.98 Å². The van der Waals surface area contributed by atoms with E-state index in [-0.39, 0.29) is 0 Å². The Labute approximate surface area is 272 Å². The first-order chi connectivity index (χ1) is 23.2. The molecule has 0 saturated carbocycles. The number of fused-ring (bicyclic) bond motifs is 7. The summed E-state index contributed by atoms with van der Waals surface area (Å²) >= 11 is 0. The van der Waals surface area contributed by atoms with Crippen LogP contribution in [0.5, 0.6) is 0 Å². The summed E-state index contributed by atoms with van der Waals surface area (Å²) < 4.78 is 21.6. The number of hydrogen-bond donors (Lipinski definition) is 0. The summed E-state index contributed by atoms with van der Waals surface area (Å²) in [4.78, 5) is 5.27. The molecule has 0 aliphatic carbocycles. The van der Waals surface area contributed by atoms with Gasteiger partial charge in [0.2, 0.25) is 0 Å². The normalized spacial score (nSPS) is 11.9. The fraction of sp³-hybridized carbons (Fsp3) is 0. The van der Waals surface area contributed by atoms with Gasteiger partial charge < -0.3 is 8.98 Å². The second-order valence-corrected chi connectivity index (χ2v) is 14.6. The number of hydrogen-bond acceptors (Lipinski definition) is 3. The Hall–Kier alpha value is -5.76. The molecule has 4 heteroatoms. The predicted octanol–water partition coefficient (Wildman–Crippen LogP) is 10.3. The molecule has 0 spiro atoms. The SMILES string of the molecule is O=P(c1ccccc1)(c1ccccc1)c1cccc(-c2ccc(-c3nc4ccc5ccccc5c4c4oc5ccccc5c34)cc2)c1. The van der Waals surface area contributed by atoms with E-state index < -0.39 is 7.14 Å². The van der Waals surface area contributed by atoms with E-state index in [1.54, 1.807) is 0 Å². The van der Waals surface area contributed by atoms with Gasteiger partial charge in [0, 0.05) is 26.9 Å². The van der Waals surface area contributed by atoms with Crippen LogP contribution < -0.4 is 15.9 Å². The molecule has 0 atom stereocenters. The lowest BCUT2D eigenvalue weighted by Crippen LogP contribution is -2.25. The second kappa shape index (κ2) is 10.9. The van der Waals surface area contributed by atoms with Gasteiger partial charge in [-0.3, -0.25) is 0 Å². The highest BCUT2D eigenvalue weighted by molar-refractivity contribution is 7.85. The van der Waals surface area contributed by atoms with Crippen molar-refractivity contribution in [1.29, 1.82) is 0 Å². The lowest BCUT2D eigenvalue weighted by atomic mass is 9.97. The third-order valence-corrected chi connectivity index (χ3v) is 12.2. The molecule has 47 heavy (non-hydrogen) atoms. The van der Waals surface area contributed by atoms with Gasteiger partial charge in [-0.1, -0.05) is 152 Å². The maximum Gasteiger partial charge on any atom is 0.171 e. The van der Waals surface area contributed by atoms with Gasteiger partial charge in [0.1, 0.15) is 11.2 Å². The molecule has 3 nitrogen and oxygen atoms in total. The van der Waals surface area contributed by atoms with Crippen molar-refractivity contribution in [2.24, 2.45) is 0 Å². The molecule has 0 radical (unpaired) electrons. The maximum absolute atomic E-state index is 15.0. The van der Waals surface area contributed by atoms with E-state index in [9.17, 15) is 0 Å². The highest BCUT2D eigenvalue weighted by Crippen LogP contribution is 2.44. The number of aromatic nitrogens is 1. The highest BCUT2D eigenvalue weighted by Gasteiger charge is 2.29. The van der Waals surface area contributed by atoms with Gasteiger partial charge in [0.05, 0.1) is 22.0 Å². The molecule has 9 rings (SSSR count). The molecule has 2 heterocycles. The molecular weight excluding hydrogens is 593 g/mol. The van der Waals surface area contributed by atoms with Crippen molar-refractivity contribution < 1.29 is 8.98 Å². The monoisotopic (exact) mass is 621 g/mol. The van der Waals surface area contributed by atoms with Crippen molar-refractivity contribution in [1.82, 2.24) is 4.98 Å². The standard InChI is InChI=1S/C43H28NO2P/c45-47(33-14-3-1-4-15-33,34-16-5-2-6-17-34)35-18-11-13-32(28-35)29-22-24-31(25-23-29)42-41-37-20-9-10-21-39(37)46-43(41)40-36-19-8-7-12-30(36)26-27-38(40)44-42/h1-28H. The van der Waals surface area contributed by atoms with Crippen LogP contribution in [0.4, 0.5) is 0 Å². The molecule has 0 unspecified atom stereocenters. The Morgan fingerprint density at radius 2 is 1.09 bits per heavy atom. The molecule has 0 aliphatic rings. The van der Waals surface area contributed by atoms with E-state index in [4.69, 9.17) is 9.40 Å². The van der Waals surface area contributed by atoms with E-state index in [0.29, 0.717) is 0 Å². The summed E-state index contributed by atoms with van der Waals surface area (Å²) in [6, 6.07) is 57.1. The first-order valence-corrected chi connectivity index (χ1v) is 17.4. The van der Waals surface area contributed by atoms with E-state index in [1.807, 2.05) is 91.0 Å². The number of furan rings is 1. The number of nitrogens with zero attached hydrogens (tertiary/aromatic N) is 1. The van der Waals surface area contributed by atoms with Gasteiger partial charge >= 0.3 is 0 Å². The Bertz CT molecular complexity index is 2600. The van der Waals surface area contributed by atoms with Crippen molar-refractivity contribution in [3.8, 4) is 22.4 Å². The Kier molecular flexibility index (Phi) is 6.41. The van der Waals surface area contributed by atoms with Crippen molar-refractivity contribution in [3.05, 3.63) is 170 Å². The Balaban J connectivity index is 1.19. The fourth-order valence-electron chi connectivity index (χ4n) is 6.86. The largest absolute Gasteiger partial charge is 0.455 e. The molecule has 0 N–H and O–H groups in total. The smallest absolute Gasteiger partial charge is 0.171 e. The number of pyridine rings is 1. The van der Waals surface area contributed by atoms with Crippen LogP contribution in [0.1, 0.15) is 0 Å². The minimum Gasteiger partial charge on any atom is -0.455 e. The average molecular weight is 622 g/mol. The first kappa shape index (κ1) is 27.5. The fourth-order valence-corrected chi connectivity index (χ4v) is 9.55. The van der Waals surface area contributed by atoms with Crippen LogP contribution >= 0.6 is 7.14 Å². The van der Waals surface area contributed by atoms with Crippen LogP contribution in [0.3, 0.4) is 0 Å². The molecule has 0 bridgehead atoms. The van der Waals surface area contributed by atoms with Crippen molar-refractivity contribution in [2.75, 3.05) is 0 Å². The Morgan fingerprint density at radius 3 is 1.83 bits per heavy atom. The van der Waals surface area contributed by atoms with E-state index in [1.165, 1.54) is 0 Å². The molecule has 0 amide bonds. The second-order valence-electron chi connectivity index (χ2n) is 11.9. The lowest BCUT2D eigenvalue weighted by molar-refractivity contribution is 0.592.